The molecule has 1 N–H and O–H groups in total. The number of oxazole rings is 1. The smallest absolute Gasteiger partial charge is 0.317 e. The molecular weight excluding hydrogens is 304 g/mol. The lowest BCUT2D eigenvalue weighted by molar-refractivity contribution is 0.143. The van der Waals surface area contributed by atoms with Crippen molar-refractivity contribution in [2.24, 2.45) is 0 Å². The molecule has 2 aromatic rings. The fourth-order valence-electron chi connectivity index (χ4n) is 2.81. The molecule has 1 aliphatic heterocycles. The zero-order valence-corrected chi connectivity index (χ0v) is 14.1. The third-order valence-corrected chi connectivity index (χ3v) is 4.34. The van der Waals surface area contributed by atoms with Gasteiger partial charge in [-0.2, -0.15) is 0 Å². The van der Waals surface area contributed by atoms with E-state index in [1.165, 1.54) is 0 Å². The van der Waals surface area contributed by atoms with E-state index in [-0.39, 0.29) is 6.03 Å². The van der Waals surface area contributed by atoms with E-state index >= 15 is 0 Å². The summed E-state index contributed by atoms with van der Waals surface area (Å²) in [6.45, 7) is 7.25. The van der Waals surface area contributed by atoms with Crippen molar-refractivity contribution in [2.45, 2.75) is 13.3 Å². The van der Waals surface area contributed by atoms with Crippen molar-refractivity contribution in [2.75, 3.05) is 39.3 Å². The fraction of sp³-hybridized carbons (Fsp3) is 0.444. The molecule has 0 saturated carbocycles. The molecule has 0 spiro atoms. The van der Waals surface area contributed by atoms with E-state index < -0.39 is 0 Å². The Balaban J connectivity index is 1.44. The molecule has 0 radical (unpaired) electrons. The lowest BCUT2D eigenvalue weighted by Gasteiger charge is -2.33. The maximum Gasteiger partial charge on any atom is 0.317 e. The van der Waals surface area contributed by atoms with E-state index in [0.29, 0.717) is 18.9 Å². The van der Waals surface area contributed by atoms with Gasteiger partial charge in [-0.05, 0) is 18.7 Å². The first-order chi connectivity index (χ1) is 11.8. The van der Waals surface area contributed by atoms with Gasteiger partial charge in [0, 0.05) is 44.7 Å². The number of hydrogen-bond acceptors (Lipinski definition) is 4. The number of likely N-dealkylation sites (N-methyl/N-ethyl adjacent to an activating group) is 1. The van der Waals surface area contributed by atoms with Crippen molar-refractivity contribution in [1.82, 2.24) is 20.1 Å². The second-order valence-electron chi connectivity index (χ2n) is 5.91. The van der Waals surface area contributed by atoms with Crippen LogP contribution < -0.4 is 5.32 Å². The summed E-state index contributed by atoms with van der Waals surface area (Å²) in [5.41, 5.74) is 1.81. The molecule has 0 aliphatic carbocycles. The Morgan fingerprint density at radius 3 is 2.67 bits per heavy atom. The van der Waals surface area contributed by atoms with Gasteiger partial charge in [-0.25, -0.2) is 9.78 Å². The van der Waals surface area contributed by atoms with Gasteiger partial charge in [0.2, 0.25) is 5.89 Å². The van der Waals surface area contributed by atoms with Crippen LogP contribution in [0.4, 0.5) is 4.79 Å². The van der Waals surface area contributed by atoms with Gasteiger partial charge in [-0.15, -0.1) is 0 Å². The minimum absolute atomic E-state index is 0.0116. The molecule has 1 saturated heterocycles. The van der Waals surface area contributed by atoms with Gasteiger partial charge in [0.15, 0.2) is 0 Å². The molecule has 1 aliphatic rings. The number of piperazine rings is 1. The van der Waals surface area contributed by atoms with E-state index in [9.17, 15) is 4.79 Å². The second kappa shape index (κ2) is 7.97. The molecule has 2 amide bonds. The maximum atomic E-state index is 12.2. The molecular formula is C18H24N4O2. The number of carbonyl (C=O) groups is 1. The molecule has 6 heteroatoms. The highest BCUT2D eigenvalue weighted by Crippen LogP contribution is 2.17. The van der Waals surface area contributed by atoms with Crippen LogP contribution in [0.2, 0.25) is 0 Å². The number of rotatable bonds is 5. The van der Waals surface area contributed by atoms with Gasteiger partial charge in [0.25, 0.3) is 0 Å². The Kier molecular flexibility index (Phi) is 5.48. The molecule has 2 heterocycles. The number of carbonyl (C=O) groups excluding carboxylic acids is 1. The van der Waals surface area contributed by atoms with Crippen LogP contribution in [0.1, 0.15) is 12.6 Å². The summed E-state index contributed by atoms with van der Waals surface area (Å²) >= 11 is 0. The van der Waals surface area contributed by atoms with Crippen LogP contribution in [0, 0.1) is 0 Å². The van der Waals surface area contributed by atoms with Crippen LogP contribution in [0.5, 0.6) is 0 Å². The van der Waals surface area contributed by atoms with E-state index in [2.05, 4.69) is 22.1 Å². The van der Waals surface area contributed by atoms with Crippen LogP contribution in [0.25, 0.3) is 11.5 Å². The number of urea groups is 1. The zero-order valence-electron chi connectivity index (χ0n) is 14.1. The molecule has 6 nitrogen and oxygen atoms in total. The van der Waals surface area contributed by atoms with E-state index in [0.717, 1.165) is 44.0 Å². The Morgan fingerprint density at radius 2 is 1.96 bits per heavy atom. The van der Waals surface area contributed by atoms with Gasteiger partial charge in [0.05, 0.1) is 5.69 Å². The van der Waals surface area contributed by atoms with Crippen molar-refractivity contribution >= 4 is 6.03 Å². The van der Waals surface area contributed by atoms with Crippen LogP contribution in [0.3, 0.4) is 0 Å². The minimum Gasteiger partial charge on any atom is -0.444 e. The highest BCUT2D eigenvalue weighted by Gasteiger charge is 2.19. The number of amides is 2. The van der Waals surface area contributed by atoms with Crippen LogP contribution in [0.15, 0.2) is 41.0 Å². The molecule has 1 aromatic heterocycles. The summed E-state index contributed by atoms with van der Waals surface area (Å²) in [7, 11) is 0. The average Bonchev–Trinajstić information content (AvgIpc) is 3.11. The van der Waals surface area contributed by atoms with Gasteiger partial charge in [-0.3, -0.25) is 0 Å². The summed E-state index contributed by atoms with van der Waals surface area (Å²) in [6, 6.07) is 9.82. The molecule has 0 atom stereocenters. The summed E-state index contributed by atoms with van der Waals surface area (Å²) in [6.07, 6.45) is 2.32. The third kappa shape index (κ3) is 4.14. The van der Waals surface area contributed by atoms with E-state index in [4.69, 9.17) is 4.42 Å². The van der Waals surface area contributed by atoms with Crippen LogP contribution in [-0.2, 0) is 6.42 Å². The Labute approximate surface area is 142 Å². The van der Waals surface area contributed by atoms with Crippen molar-refractivity contribution in [3.05, 3.63) is 42.3 Å². The zero-order chi connectivity index (χ0) is 16.8. The molecule has 1 aromatic carbocycles. The summed E-state index contributed by atoms with van der Waals surface area (Å²) in [5.74, 6) is 0.618. The van der Waals surface area contributed by atoms with Crippen molar-refractivity contribution < 1.29 is 9.21 Å². The molecule has 128 valence electrons. The predicted octanol–water partition coefficient (Wildman–Crippen LogP) is 2.23. The van der Waals surface area contributed by atoms with Gasteiger partial charge in [0.1, 0.15) is 6.26 Å². The van der Waals surface area contributed by atoms with Crippen molar-refractivity contribution in [1.29, 1.82) is 0 Å². The fourth-order valence-corrected chi connectivity index (χ4v) is 2.81. The Morgan fingerprint density at radius 1 is 1.21 bits per heavy atom. The summed E-state index contributed by atoms with van der Waals surface area (Å²) < 4.78 is 5.51. The molecule has 0 bridgehead atoms. The maximum absolute atomic E-state index is 12.2. The average molecular weight is 328 g/mol. The summed E-state index contributed by atoms with van der Waals surface area (Å²) in [4.78, 5) is 20.9. The van der Waals surface area contributed by atoms with Crippen LogP contribution >= 0.6 is 0 Å². The highest BCUT2D eigenvalue weighted by molar-refractivity contribution is 5.74. The number of nitrogens with one attached hydrogen (secondary N) is 1. The highest BCUT2D eigenvalue weighted by atomic mass is 16.3. The summed E-state index contributed by atoms with van der Waals surface area (Å²) in [5, 5.41) is 2.97. The molecule has 0 unspecified atom stereocenters. The second-order valence-corrected chi connectivity index (χ2v) is 5.91. The first-order valence-electron chi connectivity index (χ1n) is 8.51. The lowest BCUT2D eigenvalue weighted by atomic mass is 10.2. The third-order valence-electron chi connectivity index (χ3n) is 4.34. The molecule has 1 fully saturated rings. The first kappa shape index (κ1) is 16.5. The van der Waals surface area contributed by atoms with Crippen molar-refractivity contribution in [3.8, 4) is 11.5 Å². The number of benzene rings is 1. The lowest BCUT2D eigenvalue weighted by Crippen LogP contribution is -2.51. The topological polar surface area (TPSA) is 61.6 Å². The quantitative estimate of drug-likeness (QED) is 0.914. The van der Waals surface area contributed by atoms with E-state index in [1.807, 2.05) is 35.2 Å². The van der Waals surface area contributed by atoms with Gasteiger partial charge >= 0.3 is 6.03 Å². The van der Waals surface area contributed by atoms with Gasteiger partial charge < -0.3 is 19.5 Å². The monoisotopic (exact) mass is 328 g/mol. The SMILES string of the molecule is CCN1CCN(C(=O)NCCc2coc(-c3ccccc3)n2)CC1. The largest absolute Gasteiger partial charge is 0.444 e. The standard InChI is InChI=1S/C18H24N4O2/c1-2-21-10-12-22(13-11-21)18(23)19-9-8-16-14-24-17(20-16)15-6-4-3-5-7-15/h3-7,14H,2,8-13H2,1H3,(H,19,23). The Hall–Kier alpha value is -2.34. The number of aromatic nitrogens is 1. The predicted molar refractivity (Wildman–Crippen MR) is 92.7 cm³/mol. The van der Waals surface area contributed by atoms with Crippen molar-refractivity contribution in [3.63, 3.8) is 0 Å². The normalized spacial score (nSPS) is 15.5. The number of nitrogens with zero attached hydrogens (tertiary/aromatic N) is 3. The number of hydrogen-bond donors (Lipinski definition) is 1. The molecule has 24 heavy (non-hydrogen) atoms. The van der Waals surface area contributed by atoms with E-state index in [1.54, 1.807) is 6.26 Å². The first-order valence-corrected chi connectivity index (χ1v) is 8.51. The van der Waals surface area contributed by atoms with Crippen LogP contribution in [-0.4, -0.2) is 60.1 Å². The molecule has 3 rings (SSSR count). The van der Waals surface area contributed by atoms with Gasteiger partial charge in [-0.1, -0.05) is 25.1 Å². The Bertz CT molecular complexity index is 648. The minimum atomic E-state index is 0.0116.